The van der Waals surface area contributed by atoms with Crippen molar-refractivity contribution in [1.82, 2.24) is 4.90 Å². The molecule has 26 heavy (non-hydrogen) atoms. The van der Waals surface area contributed by atoms with Crippen LogP contribution in [0.2, 0.25) is 0 Å². The van der Waals surface area contributed by atoms with Crippen LogP contribution in [-0.2, 0) is 4.79 Å². The Bertz CT molecular complexity index is 763. The molecular formula is C20H21N2O4-. The number of hydrogen-bond donors (Lipinski definition) is 0. The first-order valence-electron chi connectivity index (χ1n) is 8.56. The number of anilines is 1. The summed E-state index contributed by atoms with van der Waals surface area (Å²) in [5.41, 5.74) is 2.25. The van der Waals surface area contributed by atoms with Gasteiger partial charge in [0.05, 0.1) is 5.97 Å². The van der Waals surface area contributed by atoms with E-state index in [0.717, 1.165) is 11.3 Å². The van der Waals surface area contributed by atoms with Crippen molar-refractivity contribution in [2.45, 2.75) is 6.92 Å². The summed E-state index contributed by atoms with van der Waals surface area (Å²) in [5, 5.41) is 10.8. The second-order valence-corrected chi connectivity index (χ2v) is 6.30. The molecule has 0 unspecified atom stereocenters. The van der Waals surface area contributed by atoms with Gasteiger partial charge in [-0.15, -0.1) is 0 Å². The van der Waals surface area contributed by atoms with Crippen LogP contribution >= 0.6 is 0 Å². The number of aryl methyl sites for hydroxylation is 1. The minimum Gasteiger partial charge on any atom is -0.545 e. The standard InChI is InChI=1S/C20H22N2O4/c1-15-2-8-18(9-3-15)26-14-19(23)22-12-10-21(11-13-22)17-6-4-16(5-7-17)20(24)25/h2-9H,10-14H2,1H3,(H,24,25)/p-1. The Hall–Kier alpha value is -3.02. The van der Waals surface area contributed by atoms with Crippen molar-refractivity contribution < 1.29 is 19.4 Å². The predicted molar refractivity (Wildman–Crippen MR) is 96.2 cm³/mol. The zero-order chi connectivity index (χ0) is 18.5. The number of carbonyl (C=O) groups excluding carboxylic acids is 2. The van der Waals surface area contributed by atoms with Gasteiger partial charge in [-0.3, -0.25) is 4.79 Å². The number of carbonyl (C=O) groups is 2. The van der Waals surface area contributed by atoms with E-state index in [1.807, 2.05) is 31.2 Å². The number of amides is 1. The van der Waals surface area contributed by atoms with Crippen LogP contribution in [0.5, 0.6) is 5.75 Å². The maximum absolute atomic E-state index is 12.3. The van der Waals surface area contributed by atoms with E-state index in [1.54, 1.807) is 17.0 Å². The van der Waals surface area contributed by atoms with Crippen molar-refractivity contribution in [3.8, 4) is 5.75 Å². The summed E-state index contributed by atoms with van der Waals surface area (Å²) < 4.78 is 5.56. The molecule has 6 heteroatoms. The second kappa shape index (κ2) is 7.91. The number of hydrogen-bond acceptors (Lipinski definition) is 5. The van der Waals surface area contributed by atoms with E-state index in [2.05, 4.69) is 4.90 Å². The Morgan fingerprint density at radius 2 is 1.58 bits per heavy atom. The highest BCUT2D eigenvalue weighted by molar-refractivity contribution is 5.86. The molecule has 1 saturated heterocycles. The lowest BCUT2D eigenvalue weighted by Gasteiger charge is -2.36. The third-order valence-electron chi connectivity index (χ3n) is 4.48. The molecule has 0 aliphatic carbocycles. The number of carboxylic acid groups (broad SMARTS) is 1. The number of rotatable bonds is 5. The summed E-state index contributed by atoms with van der Waals surface area (Å²) in [7, 11) is 0. The third-order valence-corrected chi connectivity index (χ3v) is 4.48. The number of nitrogens with zero attached hydrogens (tertiary/aromatic N) is 2. The molecule has 1 amide bonds. The number of carboxylic acids is 1. The molecule has 6 nitrogen and oxygen atoms in total. The average molecular weight is 353 g/mol. The molecule has 0 spiro atoms. The van der Waals surface area contributed by atoms with Crippen molar-refractivity contribution in [2.24, 2.45) is 0 Å². The van der Waals surface area contributed by atoms with Crippen LogP contribution in [-0.4, -0.2) is 49.6 Å². The minimum atomic E-state index is -1.18. The van der Waals surface area contributed by atoms with Crippen molar-refractivity contribution in [3.05, 3.63) is 59.7 Å². The second-order valence-electron chi connectivity index (χ2n) is 6.30. The fraction of sp³-hybridized carbons (Fsp3) is 0.300. The van der Waals surface area contributed by atoms with Gasteiger partial charge in [-0.2, -0.15) is 0 Å². The van der Waals surface area contributed by atoms with E-state index in [-0.39, 0.29) is 18.1 Å². The highest BCUT2D eigenvalue weighted by Crippen LogP contribution is 2.18. The lowest BCUT2D eigenvalue weighted by molar-refractivity contribution is -0.255. The lowest BCUT2D eigenvalue weighted by atomic mass is 10.2. The average Bonchev–Trinajstić information content (AvgIpc) is 2.67. The van der Waals surface area contributed by atoms with E-state index >= 15 is 0 Å². The molecule has 0 aromatic heterocycles. The van der Waals surface area contributed by atoms with E-state index in [1.165, 1.54) is 12.1 Å². The summed E-state index contributed by atoms with van der Waals surface area (Å²) >= 11 is 0. The van der Waals surface area contributed by atoms with Crippen LogP contribution in [0.25, 0.3) is 0 Å². The maximum atomic E-state index is 12.3. The van der Waals surface area contributed by atoms with Crippen molar-refractivity contribution >= 4 is 17.6 Å². The smallest absolute Gasteiger partial charge is 0.260 e. The van der Waals surface area contributed by atoms with Gasteiger partial charge in [0.1, 0.15) is 5.75 Å². The third kappa shape index (κ3) is 4.33. The molecule has 136 valence electrons. The molecule has 1 fully saturated rings. The van der Waals surface area contributed by atoms with Crippen LogP contribution in [0.1, 0.15) is 15.9 Å². The van der Waals surface area contributed by atoms with Gasteiger partial charge in [0.25, 0.3) is 5.91 Å². The first kappa shape index (κ1) is 17.8. The van der Waals surface area contributed by atoms with E-state index < -0.39 is 5.97 Å². The highest BCUT2D eigenvalue weighted by Gasteiger charge is 2.21. The zero-order valence-electron chi connectivity index (χ0n) is 14.7. The molecule has 2 aromatic carbocycles. The van der Waals surface area contributed by atoms with Gasteiger partial charge in [-0.25, -0.2) is 0 Å². The van der Waals surface area contributed by atoms with Gasteiger partial charge in [0, 0.05) is 31.9 Å². The molecule has 0 N–H and O–H groups in total. The minimum absolute atomic E-state index is 0.0301. The molecule has 3 rings (SSSR count). The molecule has 1 aliphatic heterocycles. The summed E-state index contributed by atoms with van der Waals surface area (Å²) in [6, 6.07) is 14.2. The summed E-state index contributed by atoms with van der Waals surface area (Å²) in [4.78, 5) is 27.0. The summed E-state index contributed by atoms with van der Waals surface area (Å²) in [6.07, 6.45) is 0. The molecule has 1 aliphatic rings. The molecule has 0 radical (unpaired) electrons. The number of piperazine rings is 1. The SMILES string of the molecule is Cc1ccc(OCC(=O)N2CCN(c3ccc(C(=O)[O-])cc3)CC2)cc1. The number of aromatic carboxylic acids is 1. The molecule has 2 aromatic rings. The first-order valence-corrected chi connectivity index (χ1v) is 8.56. The van der Waals surface area contributed by atoms with Crippen molar-refractivity contribution in [1.29, 1.82) is 0 Å². The molecular weight excluding hydrogens is 332 g/mol. The van der Waals surface area contributed by atoms with E-state index in [9.17, 15) is 14.7 Å². The molecule has 0 saturated carbocycles. The van der Waals surface area contributed by atoms with Gasteiger partial charge < -0.3 is 24.4 Å². The fourth-order valence-electron chi connectivity index (χ4n) is 2.89. The van der Waals surface area contributed by atoms with E-state index in [4.69, 9.17) is 4.74 Å². The van der Waals surface area contributed by atoms with Crippen LogP contribution in [0, 0.1) is 6.92 Å². The summed E-state index contributed by atoms with van der Waals surface area (Å²) in [5.74, 6) is -0.520. The number of ether oxygens (including phenoxy) is 1. The van der Waals surface area contributed by atoms with Crippen LogP contribution in [0.4, 0.5) is 5.69 Å². The maximum Gasteiger partial charge on any atom is 0.260 e. The molecule has 0 atom stereocenters. The van der Waals surface area contributed by atoms with Gasteiger partial charge in [0.15, 0.2) is 6.61 Å². The fourth-order valence-corrected chi connectivity index (χ4v) is 2.89. The van der Waals surface area contributed by atoms with E-state index in [0.29, 0.717) is 31.9 Å². The Balaban J connectivity index is 1.48. The zero-order valence-corrected chi connectivity index (χ0v) is 14.7. The van der Waals surface area contributed by atoms with Crippen molar-refractivity contribution in [3.63, 3.8) is 0 Å². The van der Waals surface area contributed by atoms with Gasteiger partial charge in [-0.1, -0.05) is 29.8 Å². The first-order chi connectivity index (χ1) is 12.5. The highest BCUT2D eigenvalue weighted by atomic mass is 16.5. The van der Waals surface area contributed by atoms with Gasteiger partial charge in [-0.05, 0) is 36.8 Å². The monoisotopic (exact) mass is 353 g/mol. The largest absolute Gasteiger partial charge is 0.545 e. The quantitative estimate of drug-likeness (QED) is 0.804. The van der Waals surface area contributed by atoms with Crippen LogP contribution < -0.4 is 14.7 Å². The van der Waals surface area contributed by atoms with Crippen molar-refractivity contribution in [2.75, 3.05) is 37.7 Å². The van der Waals surface area contributed by atoms with Crippen LogP contribution in [0.3, 0.4) is 0 Å². The predicted octanol–water partition coefficient (Wildman–Crippen LogP) is 1.09. The van der Waals surface area contributed by atoms with Crippen LogP contribution in [0.15, 0.2) is 48.5 Å². The Kier molecular flexibility index (Phi) is 5.41. The Morgan fingerprint density at radius 1 is 0.962 bits per heavy atom. The van der Waals surface area contributed by atoms with Gasteiger partial charge >= 0.3 is 0 Å². The molecule has 1 heterocycles. The Morgan fingerprint density at radius 3 is 2.15 bits per heavy atom. The van der Waals surface area contributed by atoms with Gasteiger partial charge in [0.2, 0.25) is 0 Å². The normalized spacial score (nSPS) is 14.2. The molecule has 0 bridgehead atoms. The number of benzene rings is 2. The lowest BCUT2D eigenvalue weighted by Crippen LogP contribution is -2.50. The summed E-state index contributed by atoms with van der Waals surface area (Å²) in [6.45, 7) is 4.64. The Labute approximate surface area is 152 Å². The topological polar surface area (TPSA) is 72.9 Å².